The molecule has 0 atom stereocenters. The normalized spacial score (nSPS) is 12.1. The molecular formula is C56H32OS. The van der Waals surface area contributed by atoms with Crippen LogP contribution >= 0.6 is 11.3 Å². The van der Waals surface area contributed by atoms with Gasteiger partial charge in [-0.25, -0.2) is 0 Å². The lowest BCUT2D eigenvalue weighted by molar-refractivity contribution is 0.674. The third-order valence-corrected chi connectivity index (χ3v) is 13.5. The van der Waals surface area contributed by atoms with Gasteiger partial charge in [0, 0.05) is 41.9 Å². The second kappa shape index (κ2) is 12.1. The summed E-state index contributed by atoms with van der Waals surface area (Å²) in [6.45, 7) is 0. The number of hydrogen-bond donors (Lipinski definition) is 0. The number of rotatable bonds is 3. The molecule has 2 heterocycles. The molecule has 58 heavy (non-hydrogen) atoms. The fraction of sp³-hybridized carbons (Fsp3) is 0. The molecule has 0 aliphatic heterocycles. The molecule has 11 aromatic carbocycles. The van der Waals surface area contributed by atoms with Crippen molar-refractivity contribution < 1.29 is 4.42 Å². The van der Waals surface area contributed by atoms with Gasteiger partial charge in [0.2, 0.25) is 0 Å². The third-order valence-electron chi connectivity index (χ3n) is 12.4. The Morgan fingerprint density at radius 1 is 0.293 bits per heavy atom. The van der Waals surface area contributed by atoms with E-state index in [0.29, 0.717) is 0 Å². The molecule has 0 N–H and O–H groups in total. The summed E-state index contributed by atoms with van der Waals surface area (Å²) in [5, 5.41) is 17.3. The van der Waals surface area contributed by atoms with E-state index in [1.165, 1.54) is 102 Å². The van der Waals surface area contributed by atoms with Gasteiger partial charge in [-0.3, -0.25) is 0 Å². The van der Waals surface area contributed by atoms with Crippen LogP contribution in [-0.4, -0.2) is 0 Å². The molecule has 13 rings (SSSR count). The Morgan fingerprint density at radius 3 is 1.59 bits per heavy atom. The van der Waals surface area contributed by atoms with Gasteiger partial charge >= 0.3 is 0 Å². The van der Waals surface area contributed by atoms with Crippen molar-refractivity contribution in [2.45, 2.75) is 0 Å². The average molecular weight is 753 g/mol. The highest BCUT2D eigenvalue weighted by Gasteiger charge is 2.22. The molecular weight excluding hydrogens is 721 g/mol. The highest BCUT2D eigenvalue weighted by atomic mass is 32.1. The third kappa shape index (κ3) is 4.52. The van der Waals surface area contributed by atoms with E-state index >= 15 is 0 Å². The topological polar surface area (TPSA) is 13.1 Å². The van der Waals surface area contributed by atoms with Crippen LogP contribution in [0.15, 0.2) is 199 Å². The zero-order valence-corrected chi connectivity index (χ0v) is 32.1. The summed E-state index contributed by atoms with van der Waals surface area (Å²) in [5.41, 5.74) is 9.23. The minimum Gasteiger partial charge on any atom is -0.455 e. The SMILES string of the molecule is c1ccc2c(-c3c4ccccc4c(-c4ccc5cc(-c6cc7sc8ccccc8c7c7c6oc6c8ccccc8ccc67)ccc5c4)c4ccccc34)cccc2c1. The summed E-state index contributed by atoms with van der Waals surface area (Å²) in [6, 6.07) is 71.4. The second-order valence-electron chi connectivity index (χ2n) is 15.5. The maximum Gasteiger partial charge on any atom is 0.144 e. The zero-order chi connectivity index (χ0) is 37.9. The lowest BCUT2D eigenvalue weighted by atomic mass is 9.84. The van der Waals surface area contributed by atoms with Crippen LogP contribution in [0, 0.1) is 0 Å². The molecule has 0 spiro atoms. The predicted molar refractivity (Wildman–Crippen MR) is 250 cm³/mol. The molecule has 2 aromatic heterocycles. The van der Waals surface area contributed by atoms with Gasteiger partial charge in [0.1, 0.15) is 11.2 Å². The zero-order valence-electron chi connectivity index (χ0n) is 31.3. The van der Waals surface area contributed by atoms with E-state index in [2.05, 4.69) is 194 Å². The summed E-state index contributed by atoms with van der Waals surface area (Å²) >= 11 is 1.86. The molecule has 13 aromatic rings. The fourth-order valence-corrected chi connectivity index (χ4v) is 11.0. The van der Waals surface area contributed by atoms with Crippen molar-refractivity contribution in [1.82, 2.24) is 0 Å². The van der Waals surface area contributed by atoms with E-state index in [1.807, 2.05) is 11.3 Å². The quantitative estimate of drug-likeness (QED) is 0.164. The number of thiophene rings is 1. The van der Waals surface area contributed by atoms with Crippen LogP contribution in [0.1, 0.15) is 0 Å². The van der Waals surface area contributed by atoms with E-state index in [1.54, 1.807) is 0 Å². The molecule has 0 bridgehead atoms. The van der Waals surface area contributed by atoms with Gasteiger partial charge in [-0.15, -0.1) is 11.3 Å². The molecule has 0 radical (unpaired) electrons. The maximum absolute atomic E-state index is 7.02. The van der Waals surface area contributed by atoms with Crippen LogP contribution in [0.2, 0.25) is 0 Å². The molecule has 0 saturated carbocycles. The summed E-state index contributed by atoms with van der Waals surface area (Å²) in [5.74, 6) is 0. The minimum atomic E-state index is 0.947. The van der Waals surface area contributed by atoms with Crippen LogP contribution in [-0.2, 0) is 0 Å². The van der Waals surface area contributed by atoms with E-state index in [9.17, 15) is 0 Å². The largest absolute Gasteiger partial charge is 0.455 e. The second-order valence-corrected chi connectivity index (χ2v) is 16.6. The Bertz CT molecular complexity index is 3800. The van der Waals surface area contributed by atoms with Crippen LogP contribution < -0.4 is 0 Å². The van der Waals surface area contributed by atoms with Crippen molar-refractivity contribution in [2.24, 2.45) is 0 Å². The Morgan fingerprint density at radius 2 is 0.845 bits per heavy atom. The van der Waals surface area contributed by atoms with Crippen molar-refractivity contribution in [1.29, 1.82) is 0 Å². The molecule has 0 amide bonds. The Kier molecular flexibility index (Phi) is 6.66. The van der Waals surface area contributed by atoms with Crippen molar-refractivity contribution in [2.75, 3.05) is 0 Å². The average Bonchev–Trinajstić information content (AvgIpc) is 3.86. The van der Waals surface area contributed by atoms with Crippen LogP contribution in [0.3, 0.4) is 0 Å². The van der Waals surface area contributed by atoms with Gasteiger partial charge in [0.05, 0.1) is 0 Å². The van der Waals surface area contributed by atoms with E-state index < -0.39 is 0 Å². The number of fused-ring (bicyclic) bond motifs is 13. The van der Waals surface area contributed by atoms with Crippen LogP contribution in [0.4, 0.5) is 0 Å². The standard InChI is InChI=1S/C56H32OS/c1-3-15-39-33(12-1)14-11-22-41(39)52-44-19-7-5-17-42(44)51(43-18-6-8-20-45(43)52)38-27-25-35-30-37(26-24-36(35)31-38)48-32-50-53(46-21-9-10-23-49(46)58-50)54-47-29-28-34-13-2-4-16-40(34)55(47)57-56(48)54/h1-32H. The monoisotopic (exact) mass is 752 g/mol. The number of hydrogen-bond acceptors (Lipinski definition) is 2. The molecule has 0 aliphatic rings. The molecule has 0 saturated heterocycles. The van der Waals surface area contributed by atoms with Gasteiger partial charge in [0.25, 0.3) is 0 Å². The molecule has 1 nitrogen and oxygen atoms in total. The Labute approximate surface area is 337 Å². The van der Waals surface area contributed by atoms with Crippen LogP contribution in [0.25, 0.3) is 129 Å². The van der Waals surface area contributed by atoms with Gasteiger partial charge in [0.15, 0.2) is 0 Å². The first kappa shape index (κ1) is 31.9. The summed E-state index contributed by atoms with van der Waals surface area (Å²) < 4.78 is 9.59. The highest BCUT2D eigenvalue weighted by molar-refractivity contribution is 7.26. The fourth-order valence-electron chi connectivity index (χ4n) is 9.84. The van der Waals surface area contributed by atoms with Gasteiger partial charge in [-0.1, -0.05) is 164 Å². The molecule has 2 heteroatoms. The summed E-state index contributed by atoms with van der Waals surface area (Å²) in [7, 11) is 0. The number of furan rings is 1. The minimum absolute atomic E-state index is 0.947. The Balaban J connectivity index is 1.03. The molecule has 0 unspecified atom stereocenters. The van der Waals surface area contributed by atoms with Crippen molar-refractivity contribution >= 4 is 107 Å². The lowest BCUT2D eigenvalue weighted by Crippen LogP contribution is -1.91. The predicted octanol–water partition coefficient (Wildman–Crippen LogP) is 16.7. The van der Waals surface area contributed by atoms with E-state index in [0.717, 1.165) is 27.7 Å². The first-order valence-electron chi connectivity index (χ1n) is 19.9. The van der Waals surface area contributed by atoms with Gasteiger partial charge in [-0.2, -0.15) is 0 Å². The summed E-state index contributed by atoms with van der Waals surface area (Å²) in [4.78, 5) is 0. The smallest absolute Gasteiger partial charge is 0.144 e. The highest BCUT2D eigenvalue weighted by Crippen LogP contribution is 2.49. The summed E-state index contributed by atoms with van der Waals surface area (Å²) in [6.07, 6.45) is 0. The van der Waals surface area contributed by atoms with Gasteiger partial charge in [-0.05, 0) is 107 Å². The molecule has 268 valence electrons. The number of benzene rings is 11. The van der Waals surface area contributed by atoms with Gasteiger partial charge < -0.3 is 4.42 Å². The van der Waals surface area contributed by atoms with Crippen molar-refractivity contribution in [3.05, 3.63) is 194 Å². The van der Waals surface area contributed by atoms with Crippen molar-refractivity contribution in [3.8, 4) is 33.4 Å². The first-order chi connectivity index (χ1) is 28.8. The van der Waals surface area contributed by atoms with E-state index in [4.69, 9.17) is 4.42 Å². The van der Waals surface area contributed by atoms with Crippen molar-refractivity contribution in [3.63, 3.8) is 0 Å². The maximum atomic E-state index is 7.02. The Hall–Kier alpha value is -7.26. The van der Waals surface area contributed by atoms with E-state index in [-0.39, 0.29) is 0 Å². The molecule has 0 aliphatic carbocycles. The first-order valence-corrected chi connectivity index (χ1v) is 20.7. The van der Waals surface area contributed by atoms with Crippen LogP contribution in [0.5, 0.6) is 0 Å². The lowest BCUT2D eigenvalue weighted by Gasteiger charge is -2.19. The molecule has 0 fully saturated rings.